The van der Waals surface area contributed by atoms with Crippen LogP contribution >= 0.6 is 0 Å². The highest BCUT2D eigenvalue weighted by Gasteiger charge is 2.33. The van der Waals surface area contributed by atoms with Crippen LogP contribution in [0.25, 0.3) is 0 Å². The number of methoxy groups -OCH3 is 1. The van der Waals surface area contributed by atoms with Crippen LogP contribution < -0.4 is 0 Å². The molecule has 0 spiro atoms. The Balaban J connectivity index is 2.01. The van der Waals surface area contributed by atoms with E-state index < -0.39 is 0 Å². The number of benzene rings is 1. The predicted octanol–water partition coefficient (Wildman–Crippen LogP) is 3.00. The minimum absolute atomic E-state index is 0.00858. The highest BCUT2D eigenvalue weighted by molar-refractivity contribution is 6.09. The number of aromatic nitrogens is 1. The summed E-state index contributed by atoms with van der Waals surface area (Å²) in [6.45, 7) is 4.59. The smallest absolute Gasteiger partial charge is 0.314 e. The Morgan fingerprint density at radius 1 is 1.18 bits per heavy atom. The molecule has 1 atom stereocenters. The average Bonchev–Trinajstić information content (AvgIpc) is 3.04. The molecular formula is C18H19NO3. The maximum Gasteiger partial charge on any atom is 0.314 e. The number of carbonyl (C=O) groups excluding carboxylic acids is 2. The van der Waals surface area contributed by atoms with Gasteiger partial charge in [-0.15, -0.1) is 0 Å². The first kappa shape index (κ1) is 14.6. The van der Waals surface area contributed by atoms with Crippen molar-refractivity contribution in [3.63, 3.8) is 0 Å². The van der Waals surface area contributed by atoms with Gasteiger partial charge in [0, 0.05) is 17.8 Å². The molecule has 0 N–H and O–H groups in total. The van der Waals surface area contributed by atoms with Gasteiger partial charge in [0.25, 0.3) is 0 Å². The largest absolute Gasteiger partial charge is 0.469 e. The molecule has 0 saturated carbocycles. The van der Waals surface area contributed by atoms with Crippen LogP contribution in [0.5, 0.6) is 0 Å². The molecule has 3 rings (SSSR count). The van der Waals surface area contributed by atoms with Crippen LogP contribution in [-0.4, -0.2) is 23.4 Å². The Kier molecular flexibility index (Phi) is 3.61. The van der Waals surface area contributed by atoms with Crippen LogP contribution in [0.15, 0.2) is 30.3 Å². The second-order valence-corrected chi connectivity index (χ2v) is 5.81. The van der Waals surface area contributed by atoms with Crippen molar-refractivity contribution >= 4 is 11.8 Å². The second kappa shape index (κ2) is 5.44. The molecule has 2 aromatic rings. The summed E-state index contributed by atoms with van der Waals surface area (Å²) in [5.74, 6) is -0.483. The summed E-state index contributed by atoms with van der Waals surface area (Å²) in [7, 11) is 1.40. The topological polar surface area (TPSA) is 48.3 Å². The fraction of sp³-hybridized carbons (Fsp3) is 0.333. The van der Waals surface area contributed by atoms with Gasteiger partial charge in [0.15, 0.2) is 0 Å². The second-order valence-electron chi connectivity index (χ2n) is 5.81. The standard InChI is InChI=1S/C18H19NO3/c1-11-4-6-13(7-5-11)17(20)16-12(2)10-15-14(18(21)22-3)8-9-19(15)16/h4-7,10,14H,8-9H2,1-3H3. The van der Waals surface area contributed by atoms with E-state index in [4.69, 9.17) is 4.74 Å². The van der Waals surface area contributed by atoms with Crippen molar-refractivity contribution < 1.29 is 14.3 Å². The van der Waals surface area contributed by atoms with Crippen molar-refractivity contribution in [2.75, 3.05) is 7.11 Å². The number of aryl methyl sites for hydroxylation is 2. The maximum absolute atomic E-state index is 12.8. The van der Waals surface area contributed by atoms with E-state index in [-0.39, 0.29) is 17.7 Å². The van der Waals surface area contributed by atoms with E-state index in [1.807, 2.05) is 48.7 Å². The van der Waals surface area contributed by atoms with Gasteiger partial charge in [0.2, 0.25) is 5.78 Å². The van der Waals surface area contributed by atoms with Gasteiger partial charge in [-0.2, -0.15) is 0 Å². The third kappa shape index (κ3) is 2.25. The molecule has 1 aromatic carbocycles. The zero-order valence-corrected chi connectivity index (χ0v) is 13.1. The fourth-order valence-corrected chi connectivity index (χ4v) is 3.17. The van der Waals surface area contributed by atoms with Gasteiger partial charge < -0.3 is 9.30 Å². The highest BCUT2D eigenvalue weighted by atomic mass is 16.5. The normalized spacial score (nSPS) is 16.4. The van der Waals surface area contributed by atoms with Crippen molar-refractivity contribution in [1.29, 1.82) is 0 Å². The molecular weight excluding hydrogens is 278 g/mol. The van der Waals surface area contributed by atoms with Crippen LogP contribution in [0.1, 0.15) is 45.2 Å². The lowest BCUT2D eigenvalue weighted by Gasteiger charge is -2.07. The Morgan fingerprint density at radius 2 is 1.86 bits per heavy atom. The van der Waals surface area contributed by atoms with Crippen LogP contribution in [0.3, 0.4) is 0 Å². The predicted molar refractivity (Wildman–Crippen MR) is 83.2 cm³/mol. The van der Waals surface area contributed by atoms with E-state index in [1.165, 1.54) is 7.11 Å². The van der Waals surface area contributed by atoms with Crippen molar-refractivity contribution in [3.8, 4) is 0 Å². The minimum atomic E-state index is -0.261. The summed E-state index contributed by atoms with van der Waals surface area (Å²) in [5, 5.41) is 0. The minimum Gasteiger partial charge on any atom is -0.469 e. The lowest BCUT2D eigenvalue weighted by atomic mass is 10.0. The molecule has 0 saturated heterocycles. The summed E-state index contributed by atoms with van der Waals surface area (Å²) < 4.78 is 6.83. The zero-order chi connectivity index (χ0) is 15.9. The third-order valence-corrected chi connectivity index (χ3v) is 4.33. The van der Waals surface area contributed by atoms with Crippen LogP contribution in [-0.2, 0) is 16.1 Å². The number of ether oxygens (including phenoxy) is 1. The lowest BCUT2D eigenvalue weighted by molar-refractivity contribution is -0.142. The molecule has 1 aliphatic heterocycles. The summed E-state index contributed by atoms with van der Waals surface area (Å²) in [4.78, 5) is 24.7. The fourth-order valence-electron chi connectivity index (χ4n) is 3.17. The van der Waals surface area contributed by atoms with Gasteiger partial charge in [-0.05, 0) is 31.9 Å². The SMILES string of the molecule is COC(=O)C1CCn2c1cc(C)c2C(=O)c1ccc(C)cc1. The molecule has 1 aromatic heterocycles. The molecule has 0 fully saturated rings. The van der Waals surface area contributed by atoms with Gasteiger partial charge in [-0.25, -0.2) is 0 Å². The first-order valence-corrected chi connectivity index (χ1v) is 7.42. The van der Waals surface area contributed by atoms with Crippen molar-refractivity contribution in [2.24, 2.45) is 0 Å². The molecule has 4 nitrogen and oxygen atoms in total. The molecule has 1 aliphatic rings. The van der Waals surface area contributed by atoms with Gasteiger partial charge >= 0.3 is 5.97 Å². The van der Waals surface area contributed by atoms with Crippen LogP contribution in [0.4, 0.5) is 0 Å². The Hall–Kier alpha value is -2.36. The van der Waals surface area contributed by atoms with E-state index in [0.29, 0.717) is 24.2 Å². The summed E-state index contributed by atoms with van der Waals surface area (Å²) >= 11 is 0. The zero-order valence-electron chi connectivity index (χ0n) is 13.1. The molecule has 22 heavy (non-hydrogen) atoms. The van der Waals surface area contributed by atoms with E-state index in [9.17, 15) is 9.59 Å². The summed E-state index contributed by atoms with van der Waals surface area (Å²) in [5.41, 5.74) is 4.29. The molecule has 4 heteroatoms. The van der Waals surface area contributed by atoms with E-state index in [2.05, 4.69) is 0 Å². The van der Waals surface area contributed by atoms with Gasteiger partial charge in [0.05, 0.1) is 18.7 Å². The Bertz CT molecular complexity index is 740. The number of ketones is 1. The Morgan fingerprint density at radius 3 is 2.50 bits per heavy atom. The number of esters is 1. The van der Waals surface area contributed by atoms with Crippen LogP contribution in [0, 0.1) is 13.8 Å². The lowest BCUT2D eigenvalue weighted by Crippen LogP contribution is -2.12. The third-order valence-electron chi connectivity index (χ3n) is 4.33. The monoisotopic (exact) mass is 297 g/mol. The van der Waals surface area contributed by atoms with Crippen LogP contribution in [0.2, 0.25) is 0 Å². The van der Waals surface area contributed by atoms with Crippen molar-refractivity contribution in [3.05, 3.63) is 58.4 Å². The molecule has 0 aliphatic carbocycles. The summed E-state index contributed by atoms with van der Waals surface area (Å²) in [6, 6.07) is 9.52. The number of fused-ring (bicyclic) bond motifs is 1. The maximum atomic E-state index is 12.8. The van der Waals surface area contributed by atoms with Gasteiger partial charge in [-0.3, -0.25) is 9.59 Å². The van der Waals surface area contributed by atoms with E-state index in [1.54, 1.807) is 0 Å². The number of rotatable bonds is 3. The molecule has 0 amide bonds. The first-order valence-electron chi connectivity index (χ1n) is 7.42. The van der Waals surface area contributed by atoms with E-state index in [0.717, 1.165) is 16.8 Å². The molecule has 0 bridgehead atoms. The summed E-state index contributed by atoms with van der Waals surface area (Å²) in [6.07, 6.45) is 0.691. The quantitative estimate of drug-likeness (QED) is 0.646. The van der Waals surface area contributed by atoms with Crippen molar-refractivity contribution in [2.45, 2.75) is 32.7 Å². The average molecular weight is 297 g/mol. The Labute approximate surface area is 129 Å². The van der Waals surface area contributed by atoms with Gasteiger partial charge in [-0.1, -0.05) is 29.8 Å². The van der Waals surface area contributed by atoms with Crippen molar-refractivity contribution in [1.82, 2.24) is 4.57 Å². The molecule has 1 unspecified atom stereocenters. The molecule has 2 heterocycles. The molecule has 0 radical (unpaired) electrons. The highest BCUT2D eigenvalue weighted by Crippen LogP contribution is 2.34. The van der Waals surface area contributed by atoms with Gasteiger partial charge in [0.1, 0.15) is 0 Å². The first-order chi connectivity index (χ1) is 10.5. The van der Waals surface area contributed by atoms with E-state index >= 15 is 0 Å². The number of carbonyl (C=O) groups is 2. The number of nitrogens with zero attached hydrogens (tertiary/aromatic N) is 1. The molecule has 114 valence electrons. The number of hydrogen-bond donors (Lipinski definition) is 0. The number of hydrogen-bond acceptors (Lipinski definition) is 3.